The van der Waals surface area contributed by atoms with Crippen LogP contribution in [0.25, 0.3) is 5.69 Å². The van der Waals surface area contributed by atoms with Crippen LogP contribution in [-0.4, -0.2) is 21.2 Å². The van der Waals surface area contributed by atoms with Gasteiger partial charge in [0.2, 0.25) is 0 Å². The summed E-state index contributed by atoms with van der Waals surface area (Å²) in [5, 5.41) is 4.61. The van der Waals surface area contributed by atoms with E-state index in [1.165, 1.54) is 5.56 Å². The van der Waals surface area contributed by atoms with Crippen LogP contribution in [0.2, 0.25) is 0 Å². The summed E-state index contributed by atoms with van der Waals surface area (Å²) in [6.45, 7) is 5.04. The molecular formula is C13H16N4. The molecular weight excluding hydrogens is 212 g/mol. The molecule has 2 aromatic rings. The molecule has 1 aliphatic heterocycles. The van der Waals surface area contributed by atoms with Gasteiger partial charge in [-0.05, 0) is 18.7 Å². The topological polar surface area (TPSA) is 47.1 Å². The van der Waals surface area contributed by atoms with Gasteiger partial charge in [-0.3, -0.25) is 4.90 Å². The lowest BCUT2D eigenvalue weighted by Gasteiger charge is -2.12. The summed E-state index contributed by atoms with van der Waals surface area (Å²) in [6.07, 6.45) is 0. The lowest BCUT2D eigenvalue weighted by molar-refractivity contribution is 0.297. The molecule has 0 spiro atoms. The number of rotatable bonds is 2. The van der Waals surface area contributed by atoms with E-state index in [-0.39, 0.29) is 0 Å². The molecule has 0 atom stereocenters. The number of para-hydroxylation sites is 1. The fraction of sp³-hybridized carbons (Fsp3) is 0.308. The quantitative estimate of drug-likeness (QED) is 0.852. The van der Waals surface area contributed by atoms with E-state index in [9.17, 15) is 0 Å². The fourth-order valence-corrected chi connectivity index (χ4v) is 2.29. The zero-order valence-corrected chi connectivity index (χ0v) is 9.93. The Hall–Kier alpha value is -1.81. The van der Waals surface area contributed by atoms with E-state index >= 15 is 0 Å². The van der Waals surface area contributed by atoms with Gasteiger partial charge in [-0.1, -0.05) is 25.1 Å². The lowest BCUT2D eigenvalue weighted by atomic mass is 10.3. The van der Waals surface area contributed by atoms with E-state index in [1.807, 2.05) is 35.0 Å². The normalized spacial score (nSPS) is 15.1. The highest BCUT2D eigenvalue weighted by Gasteiger charge is 2.25. The summed E-state index contributed by atoms with van der Waals surface area (Å²) >= 11 is 0. The molecule has 0 saturated carbocycles. The molecule has 3 rings (SSSR count). The van der Waals surface area contributed by atoms with Gasteiger partial charge in [-0.25, -0.2) is 4.68 Å². The first kappa shape index (κ1) is 10.4. The minimum Gasteiger partial charge on any atom is -0.383 e. The molecule has 2 heterocycles. The zero-order chi connectivity index (χ0) is 11.8. The van der Waals surface area contributed by atoms with Gasteiger partial charge in [-0.15, -0.1) is 0 Å². The Morgan fingerprint density at radius 3 is 2.65 bits per heavy atom. The highest BCUT2D eigenvalue weighted by Crippen LogP contribution is 2.28. The Labute approximate surface area is 101 Å². The maximum absolute atomic E-state index is 6.18. The van der Waals surface area contributed by atoms with Crippen LogP contribution in [0.1, 0.15) is 18.2 Å². The summed E-state index contributed by atoms with van der Waals surface area (Å²) in [6, 6.07) is 10.0. The lowest BCUT2D eigenvalue weighted by Crippen LogP contribution is -2.17. The fourth-order valence-electron chi connectivity index (χ4n) is 2.29. The number of hydrogen-bond donors (Lipinski definition) is 1. The third-order valence-electron chi connectivity index (χ3n) is 3.31. The Balaban J connectivity index is 2.01. The number of aromatic nitrogens is 2. The SMILES string of the molecule is CCN1Cc2nn(-c3ccccc3)c(N)c2C1. The maximum atomic E-state index is 6.18. The largest absolute Gasteiger partial charge is 0.383 e. The standard InChI is InChI=1S/C13H16N4/c1-2-16-8-11-12(9-16)15-17(13(11)14)10-6-4-3-5-7-10/h3-7H,2,8-9,14H2,1H3. The summed E-state index contributed by atoms with van der Waals surface area (Å²) in [4.78, 5) is 2.34. The smallest absolute Gasteiger partial charge is 0.132 e. The van der Waals surface area contributed by atoms with E-state index in [0.717, 1.165) is 36.8 Å². The highest BCUT2D eigenvalue weighted by atomic mass is 15.3. The summed E-state index contributed by atoms with van der Waals surface area (Å²) in [5.41, 5.74) is 9.52. The van der Waals surface area contributed by atoms with Crippen LogP contribution < -0.4 is 5.73 Å². The average Bonchev–Trinajstić information content (AvgIpc) is 2.90. The minimum absolute atomic E-state index is 0.780. The van der Waals surface area contributed by atoms with Gasteiger partial charge in [-0.2, -0.15) is 5.10 Å². The van der Waals surface area contributed by atoms with Crippen LogP contribution >= 0.6 is 0 Å². The van der Waals surface area contributed by atoms with Crippen LogP contribution in [0.4, 0.5) is 5.82 Å². The number of hydrogen-bond acceptors (Lipinski definition) is 3. The van der Waals surface area contributed by atoms with Gasteiger partial charge in [0.15, 0.2) is 0 Å². The van der Waals surface area contributed by atoms with Crippen molar-refractivity contribution >= 4 is 5.82 Å². The summed E-state index contributed by atoms with van der Waals surface area (Å²) in [5.74, 6) is 0.780. The van der Waals surface area contributed by atoms with Gasteiger partial charge < -0.3 is 5.73 Å². The van der Waals surface area contributed by atoms with Crippen molar-refractivity contribution in [2.45, 2.75) is 20.0 Å². The molecule has 0 aliphatic carbocycles. The van der Waals surface area contributed by atoms with Crippen LogP contribution in [0.3, 0.4) is 0 Å². The molecule has 88 valence electrons. The Bertz CT molecular complexity index is 530. The van der Waals surface area contributed by atoms with Crippen molar-refractivity contribution in [3.63, 3.8) is 0 Å². The molecule has 4 heteroatoms. The van der Waals surface area contributed by atoms with Crippen molar-refractivity contribution in [3.05, 3.63) is 41.6 Å². The molecule has 1 aromatic carbocycles. The van der Waals surface area contributed by atoms with Crippen LogP contribution in [0.5, 0.6) is 0 Å². The molecule has 0 bridgehead atoms. The number of nitrogens with two attached hydrogens (primary N) is 1. The van der Waals surface area contributed by atoms with Crippen molar-refractivity contribution in [3.8, 4) is 5.69 Å². The zero-order valence-electron chi connectivity index (χ0n) is 9.93. The second-order valence-corrected chi connectivity index (χ2v) is 4.36. The van der Waals surface area contributed by atoms with Gasteiger partial charge in [0, 0.05) is 18.7 Å². The predicted molar refractivity (Wildman–Crippen MR) is 67.8 cm³/mol. The van der Waals surface area contributed by atoms with E-state index in [1.54, 1.807) is 0 Å². The number of fused-ring (bicyclic) bond motifs is 1. The van der Waals surface area contributed by atoms with Crippen molar-refractivity contribution < 1.29 is 0 Å². The van der Waals surface area contributed by atoms with Crippen LogP contribution in [0, 0.1) is 0 Å². The van der Waals surface area contributed by atoms with E-state index in [4.69, 9.17) is 5.73 Å². The first-order valence-corrected chi connectivity index (χ1v) is 5.93. The van der Waals surface area contributed by atoms with Gasteiger partial charge >= 0.3 is 0 Å². The molecule has 0 radical (unpaired) electrons. The first-order valence-electron chi connectivity index (χ1n) is 5.93. The summed E-state index contributed by atoms with van der Waals surface area (Å²) < 4.78 is 1.84. The molecule has 1 aromatic heterocycles. The molecule has 1 aliphatic rings. The maximum Gasteiger partial charge on any atom is 0.132 e. The summed E-state index contributed by atoms with van der Waals surface area (Å²) in [7, 11) is 0. The molecule has 0 saturated heterocycles. The minimum atomic E-state index is 0.780. The second kappa shape index (κ2) is 3.89. The Morgan fingerprint density at radius 2 is 2.00 bits per heavy atom. The average molecular weight is 228 g/mol. The van der Waals surface area contributed by atoms with E-state index < -0.39 is 0 Å². The monoisotopic (exact) mass is 228 g/mol. The molecule has 0 fully saturated rings. The first-order chi connectivity index (χ1) is 8.29. The van der Waals surface area contributed by atoms with Gasteiger partial charge in [0.25, 0.3) is 0 Å². The second-order valence-electron chi connectivity index (χ2n) is 4.36. The number of benzene rings is 1. The third-order valence-corrected chi connectivity index (χ3v) is 3.31. The van der Waals surface area contributed by atoms with Crippen molar-refractivity contribution in [1.82, 2.24) is 14.7 Å². The van der Waals surface area contributed by atoms with E-state index in [2.05, 4.69) is 16.9 Å². The van der Waals surface area contributed by atoms with Gasteiger partial charge in [0.1, 0.15) is 5.82 Å². The van der Waals surface area contributed by atoms with Gasteiger partial charge in [0.05, 0.1) is 11.4 Å². The highest BCUT2D eigenvalue weighted by molar-refractivity contribution is 5.51. The van der Waals surface area contributed by atoms with Crippen LogP contribution in [0.15, 0.2) is 30.3 Å². The van der Waals surface area contributed by atoms with Crippen molar-refractivity contribution in [2.75, 3.05) is 12.3 Å². The van der Waals surface area contributed by atoms with Crippen molar-refractivity contribution in [1.29, 1.82) is 0 Å². The number of anilines is 1. The van der Waals surface area contributed by atoms with E-state index in [0.29, 0.717) is 0 Å². The molecule has 0 unspecified atom stereocenters. The molecule has 0 amide bonds. The number of nitrogens with zero attached hydrogens (tertiary/aromatic N) is 3. The third kappa shape index (κ3) is 1.61. The Morgan fingerprint density at radius 1 is 1.24 bits per heavy atom. The molecule has 17 heavy (non-hydrogen) atoms. The molecule has 4 nitrogen and oxygen atoms in total. The van der Waals surface area contributed by atoms with Crippen LogP contribution in [-0.2, 0) is 13.1 Å². The number of nitrogen functional groups attached to an aromatic ring is 1. The van der Waals surface area contributed by atoms with Crippen molar-refractivity contribution in [2.24, 2.45) is 0 Å². The molecule has 2 N–H and O–H groups in total. The predicted octanol–water partition coefficient (Wildman–Crippen LogP) is 1.79. The Kier molecular flexibility index (Phi) is 2.37.